The van der Waals surface area contributed by atoms with E-state index in [4.69, 9.17) is 4.74 Å². The number of carbonyl (C=O) groups is 1. The fraction of sp³-hybridized carbons (Fsp3) is 0.571. The number of hydrogen-bond donors (Lipinski definition) is 2. The van der Waals surface area contributed by atoms with Crippen molar-refractivity contribution in [1.82, 2.24) is 4.57 Å². The van der Waals surface area contributed by atoms with Crippen LogP contribution < -0.4 is 10.9 Å². The zero-order chi connectivity index (χ0) is 15.8. The number of pyridine rings is 1. The second-order valence-corrected chi connectivity index (χ2v) is 7.04. The molecule has 1 saturated carbocycles. The van der Waals surface area contributed by atoms with Crippen molar-refractivity contribution in [1.29, 1.82) is 0 Å². The van der Waals surface area contributed by atoms with Crippen LogP contribution in [0.3, 0.4) is 0 Å². The molecule has 2 atom stereocenters. The molecule has 0 spiro atoms. The number of ether oxygens (including phenoxy) is 1. The van der Waals surface area contributed by atoms with Crippen molar-refractivity contribution >= 4 is 27.7 Å². The molecule has 1 fully saturated rings. The van der Waals surface area contributed by atoms with Gasteiger partial charge in [0, 0.05) is 10.7 Å². The van der Waals surface area contributed by atoms with Gasteiger partial charge in [0.1, 0.15) is 11.3 Å². The highest BCUT2D eigenvalue weighted by molar-refractivity contribution is 9.10. The van der Waals surface area contributed by atoms with E-state index in [1.165, 1.54) is 10.6 Å². The van der Waals surface area contributed by atoms with E-state index < -0.39 is 17.8 Å². The molecule has 1 amide bonds. The predicted octanol–water partition coefficient (Wildman–Crippen LogP) is 2.65. The van der Waals surface area contributed by atoms with Crippen molar-refractivity contribution in [3.63, 3.8) is 0 Å². The largest absolute Gasteiger partial charge is 0.444 e. The Hall–Kier alpha value is -1.34. The molecule has 1 aliphatic rings. The Morgan fingerprint density at radius 1 is 1.48 bits per heavy atom. The molecule has 0 bridgehead atoms. The predicted molar refractivity (Wildman–Crippen MR) is 82.5 cm³/mol. The Bertz CT molecular complexity index is 606. The van der Waals surface area contributed by atoms with Gasteiger partial charge in [-0.3, -0.25) is 10.1 Å². The lowest BCUT2D eigenvalue weighted by Gasteiger charge is -2.34. The summed E-state index contributed by atoms with van der Waals surface area (Å²) in [6, 6.07) is 1.28. The monoisotopic (exact) mass is 358 g/mol. The number of hydrogen-bond acceptors (Lipinski definition) is 4. The molecular weight excluding hydrogens is 340 g/mol. The number of aromatic nitrogens is 1. The quantitative estimate of drug-likeness (QED) is 0.851. The molecule has 7 heteroatoms. The van der Waals surface area contributed by atoms with E-state index in [0.717, 1.165) is 6.42 Å². The number of carbonyl (C=O) groups excluding carboxylic acids is 1. The normalized spacial score (nSPS) is 21.6. The Labute approximate surface area is 131 Å². The van der Waals surface area contributed by atoms with E-state index in [2.05, 4.69) is 21.2 Å². The minimum absolute atomic E-state index is 0.123. The molecule has 0 saturated heterocycles. The third-order valence-electron chi connectivity index (χ3n) is 3.20. The summed E-state index contributed by atoms with van der Waals surface area (Å²) in [5.41, 5.74) is -0.871. The lowest BCUT2D eigenvalue weighted by atomic mass is 9.89. The summed E-state index contributed by atoms with van der Waals surface area (Å²) in [4.78, 5) is 24.1. The highest BCUT2D eigenvalue weighted by atomic mass is 79.9. The van der Waals surface area contributed by atoms with Crippen LogP contribution in [0.15, 0.2) is 21.5 Å². The number of nitrogens with zero attached hydrogens (tertiary/aromatic N) is 1. The third-order valence-corrected chi connectivity index (χ3v) is 3.64. The summed E-state index contributed by atoms with van der Waals surface area (Å²) in [6.45, 7) is 5.24. The molecule has 1 aromatic rings. The van der Waals surface area contributed by atoms with E-state index in [-0.39, 0.29) is 17.3 Å². The van der Waals surface area contributed by atoms with Gasteiger partial charge in [0.25, 0.3) is 5.56 Å². The average Bonchev–Trinajstić information content (AvgIpc) is 2.30. The van der Waals surface area contributed by atoms with Gasteiger partial charge in [0.15, 0.2) is 0 Å². The highest BCUT2D eigenvalue weighted by Gasteiger charge is 2.31. The van der Waals surface area contributed by atoms with Crippen LogP contribution in [0, 0.1) is 0 Å². The molecule has 2 N–H and O–H groups in total. The lowest BCUT2D eigenvalue weighted by Crippen LogP contribution is -2.40. The van der Waals surface area contributed by atoms with E-state index in [1.807, 2.05) is 0 Å². The average molecular weight is 359 g/mol. The van der Waals surface area contributed by atoms with Gasteiger partial charge in [0.2, 0.25) is 0 Å². The van der Waals surface area contributed by atoms with Gasteiger partial charge in [0.05, 0.1) is 12.1 Å². The van der Waals surface area contributed by atoms with Crippen molar-refractivity contribution in [2.75, 3.05) is 5.32 Å². The molecule has 1 unspecified atom stereocenters. The van der Waals surface area contributed by atoms with Crippen molar-refractivity contribution in [2.45, 2.75) is 51.4 Å². The number of halogens is 1. The Kier molecular flexibility index (Phi) is 4.43. The van der Waals surface area contributed by atoms with Crippen LogP contribution in [0.5, 0.6) is 0 Å². The van der Waals surface area contributed by atoms with Crippen molar-refractivity contribution in [3.05, 3.63) is 27.1 Å². The van der Waals surface area contributed by atoms with E-state index in [0.29, 0.717) is 10.9 Å². The third kappa shape index (κ3) is 3.85. The van der Waals surface area contributed by atoms with E-state index >= 15 is 0 Å². The van der Waals surface area contributed by atoms with Gasteiger partial charge < -0.3 is 14.4 Å². The first-order valence-electron chi connectivity index (χ1n) is 6.77. The molecule has 6 nitrogen and oxygen atoms in total. The molecule has 0 aliphatic heterocycles. The first kappa shape index (κ1) is 16.0. The molecule has 2 rings (SSSR count). The van der Waals surface area contributed by atoms with Gasteiger partial charge in [-0.25, -0.2) is 4.79 Å². The smallest absolute Gasteiger partial charge is 0.412 e. The second-order valence-electron chi connectivity index (χ2n) is 6.12. The molecule has 0 aromatic carbocycles. The summed E-state index contributed by atoms with van der Waals surface area (Å²) in [5.74, 6) is 0. The number of nitrogens with one attached hydrogen (secondary N) is 1. The van der Waals surface area contributed by atoms with Crippen LogP contribution in [0.1, 0.15) is 39.7 Å². The van der Waals surface area contributed by atoms with Gasteiger partial charge >= 0.3 is 6.09 Å². The first-order chi connectivity index (χ1) is 9.67. The van der Waals surface area contributed by atoms with Gasteiger partial charge in [-0.05, 0) is 55.6 Å². The Balaban J connectivity index is 2.24. The maximum atomic E-state index is 12.4. The van der Waals surface area contributed by atoms with Gasteiger partial charge in [-0.1, -0.05) is 0 Å². The number of amides is 1. The maximum absolute atomic E-state index is 12.4. The Morgan fingerprint density at radius 2 is 2.14 bits per heavy atom. The summed E-state index contributed by atoms with van der Waals surface area (Å²) in [6.07, 6.45) is 1.84. The standard InChI is InChI=1S/C14H19BrN2O4/c1-14(2,3)21-13(20)16-9-6-8(15)7-17(12(9)19)10-4-5-11(10)18/h6-7,10-11,18H,4-5H2,1-3H3,(H,16,20)/t10?,11-/m1/s1. The molecule has 1 aliphatic carbocycles. The number of rotatable bonds is 2. The van der Waals surface area contributed by atoms with Crippen molar-refractivity contribution in [2.24, 2.45) is 0 Å². The SMILES string of the molecule is CC(C)(C)OC(=O)Nc1cc(Br)cn(C2CC[C@H]2O)c1=O. The van der Waals surface area contributed by atoms with Crippen LogP contribution in [-0.2, 0) is 4.74 Å². The molecule has 0 radical (unpaired) electrons. The molecule has 21 heavy (non-hydrogen) atoms. The van der Waals surface area contributed by atoms with Crippen LogP contribution in [0.4, 0.5) is 10.5 Å². The van der Waals surface area contributed by atoms with E-state index in [9.17, 15) is 14.7 Å². The van der Waals surface area contributed by atoms with Crippen molar-refractivity contribution < 1.29 is 14.6 Å². The van der Waals surface area contributed by atoms with Crippen LogP contribution in [0.2, 0.25) is 0 Å². The highest BCUT2D eigenvalue weighted by Crippen LogP contribution is 2.32. The summed E-state index contributed by atoms with van der Waals surface area (Å²) in [5, 5.41) is 12.2. The lowest BCUT2D eigenvalue weighted by molar-refractivity contribution is 0.0299. The molecule has 1 heterocycles. The maximum Gasteiger partial charge on any atom is 0.412 e. The minimum Gasteiger partial charge on any atom is -0.444 e. The molecular formula is C14H19BrN2O4. The Morgan fingerprint density at radius 3 is 2.62 bits per heavy atom. The van der Waals surface area contributed by atoms with Crippen LogP contribution in [-0.4, -0.2) is 27.5 Å². The van der Waals surface area contributed by atoms with E-state index in [1.54, 1.807) is 27.0 Å². The molecule has 116 valence electrons. The summed E-state index contributed by atoms with van der Waals surface area (Å²) >= 11 is 3.31. The van der Waals surface area contributed by atoms with Gasteiger partial charge in [-0.15, -0.1) is 0 Å². The summed E-state index contributed by atoms with van der Waals surface area (Å²) in [7, 11) is 0. The summed E-state index contributed by atoms with van der Waals surface area (Å²) < 4.78 is 7.23. The van der Waals surface area contributed by atoms with Gasteiger partial charge in [-0.2, -0.15) is 0 Å². The zero-order valence-electron chi connectivity index (χ0n) is 12.2. The van der Waals surface area contributed by atoms with Crippen LogP contribution >= 0.6 is 15.9 Å². The minimum atomic E-state index is -0.682. The van der Waals surface area contributed by atoms with Crippen molar-refractivity contribution in [3.8, 4) is 0 Å². The number of anilines is 1. The van der Waals surface area contributed by atoms with Crippen LogP contribution in [0.25, 0.3) is 0 Å². The number of aliphatic hydroxyl groups is 1. The molecule has 1 aromatic heterocycles. The topological polar surface area (TPSA) is 80.6 Å². The fourth-order valence-corrected chi connectivity index (χ4v) is 2.56. The fourth-order valence-electron chi connectivity index (χ4n) is 2.11. The zero-order valence-corrected chi connectivity index (χ0v) is 13.8. The first-order valence-corrected chi connectivity index (χ1v) is 7.56. The second kappa shape index (κ2) is 5.81. The number of aliphatic hydroxyl groups excluding tert-OH is 1.